The van der Waals surface area contributed by atoms with E-state index in [4.69, 9.17) is 21.1 Å². The van der Waals surface area contributed by atoms with E-state index in [-0.39, 0.29) is 11.4 Å². The second-order valence-electron chi connectivity index (χ2n) is 5.56. The molecule has 1 atom stereocenters. The molecule has 7 nitrogen and oxygen atoms in total. The van der Waals surface area contributed by atoms with Crippen LogP contribution in [0.4, 0.5) is 11.4 Å². The van der Waals surface area contributed by atoms with Crippen molar-refractivity contribution in [2.75, 3.05) is 12.4 Å². The van der Waals surface area contributed by atoms with Gasteiger partial charge in [0.2, 0.25) is 0 Å². The van der Waals surface area contributed by atoms with E-state index in [0.29, 0.717) is 22.9 Å². The van der Waals surface area contributed by atoms with Crippen LogP contribution < -0.4 is 14.8 Å². The Balaban J connectivity index is 2.19. The fraction of sp³-hybridized carbons (Fsp3) is 0.278. The van der Waals surface area contributed by atoms with Crippen molar-refractivity contribution >= 4 is 28.9 Å². The van der Waals surface area contributed by atoms with Gasteiger partial charge in [0.15, 0.2) is 6.10 Å². The van der Waals surface area contributed by atoms with Crippen molar-refractivity contribution in [1.29, 1.82) is 0 Å². The van der Waals surface area contributed by atoms with Crippen LogP contribution in [0.25, 0.3) is 0 Å². The summed E-state index contributed by atoms with van der Waals surface area (Å²) >= 11 is 5.99. The number of non-ortho nitro benzene ring substituents is 1. The summed E-state index contributed by atoms with van der Waals surface area (Å²) < 4.78 is 10.9. The lowest BCUT2D eigenvalue weighted by Gasteiger charge is -2.18. The van der Waals surface area contributed by atoms with Gasteiger partial charge in [0.05, 0.1) is 17.7 Å². The molecule has 0 radical (unpaired) electrons. The maximum atomic E-state index is 12.6. The molecule has 0 aliphatic heterocycles. The molecule has 0 fully saturated rings. The van der Waals surface area contributed by atoms with Crippen LogP contribution in [0.3, 0.4) is 0 Å². The molecular formula is C18H19ClN2O5. The Labute approximate surface area is 156 Å². The van der Waals surface area contributed by atoms with Gasteiger partial charge >= 0.3 is 0 Å². The minimum atomic E-state index is -0.778. The second-order valence-corrected chi connectivity index (χ2v) is 5.96. The Morgan fingerprint density at radius 1 is 1.31 bits per heavy atom. The van der Waals surface area contributed by atoms with E-state index in [1.165, 1.54) is 25.3 Å². The topological polar surface area (TPSA) is 90.7 Å². The van der Waals surface area contributed by atoms with E-state index in [9.17, 15) is 14.9 Å². The molecule has 2 aromatic carbocycles. The van der Waals surface area contributed by atoms with Crippen LogP contribution in [0.15, 0.2) is 36.4 Å². The van der Waals surface area contributed by atoms with Gasteiger partial charge in [-0.3, -0.25) is 14.9 Å². The summed E-state index contributed by atoms with van der Waals surface area (Å²) in [5.74, 6) is 0.403. The van der Waals surface area contributed by atoms with Crippen molar-refractivity contribution in [3.63, 3.8) is 0 Å². The first kappa shape index (κ1) is 19.5. The van der Waals surface area contributed by atoms with Crippen LogP contribution in [-0.4, -0.2) is 24.0 Å². The Hall–Kier alpha value is -2.80. The highest BCUT2D eigenvalue weighted by Crippen LogP contribution is 2.29. The smallest absolute Gasteiger partial charge is 0.271 e. The summed E-state index contributed by atoms with van der Waals surface area (Å²) in [6, 6.07) is 9.10. The minimum Gasteiger partial charge on any atom is -0.495 e. The number of nitrogens with zero attached hydrogens (tertiary/aromatic N) is 1. The number of ether oxygens (including phenoxy) is 2. The molecule has 0 heterocycles. The third-order valence-corrected chi connectivity index (χ3v) is 4.15. The van der Waals surface area contributed by atoms with E-state index in [1.807, 2.05) is 6.92 Å². The van der Waals surface area contributed by atoms with Crippen LogP contribution in [0, 0.1) is 17.0 Å². The molecule has 0 spiro atoms. The average Bonchev–Trinajstić information content (AvgIpc) is 2.62. The van der Waals surface area contributed by atoms with Crippen LogP contribution in [0.1, 0.15) is 18.9 Å². The normalized spacial score (nSPS) is 11.5. The minimum absolute atomic E-state index is 0.150. The molecule has 0 bridgehead atoms. The van der Waals surface area contributed by atoms with Gasteiger partial charge in [-0.2, -0.15) is 0 Å². The monoisotopic (exact) mass is 378 g/mol. The number of nitro benzene ring substituents is 1. The lowest BCUT2D eigenvalue weighted by Crippen LogP contribution is -2.32. The maximum absolute atomic E-state index is 12.6. The quantitative estimate of drug-likeness (QED) is 0.571. The third kappa shape index (κ3) is 4.64. The Bertz CT molecular complexity index is 825. The van der Waals surface area contributed by atoms with Crippen molar-refractivity contribution in [3.05, 3.63) is 57.1 Å². The number of hydrogen-bond donors (Lipinski definition) is 1. The van der Waals surface area contributed by atoms with E-state index >= 15 is 0 Å². The fourth-order valence-corrected chi connectivity index (χ4v) is 2.41. The number of carbonyl (C=O) groups is 1. The molecule has 0 unspecified atom stereocenters. The van der Waals surface area contributed by atoms with Gasteiger partial charge < -0.3 is 14.8 Å². The van der Waals surface area contributed by atoms with Crippen molar-refractivity contribution in [2.24, 2.45) is 0 Å². The molecule has 0 saturated carbocycles. The number of anilines is 1. The summed E-state index contributed by atoms with van der Waals surface area (Å²) in [6.45, 7) is 3.64. The van der Waals surface area contributed by atoms with Crippen molar-refractivity contribution in [1.82, 2.24) is 0 Å². The number of amides is 1. The SMILES string of the molecule is CC[C@@H](Oc1ccc(Cl)c(C)c1)C(=O)Nc1cc([N+](=O)[O-])ccc1OC. The van der Waals surface area contributed by atoms with E-state index in [2.05, 4.69) is 5.32 Å². The molecule has 0 aliphatic rings. The number of benzene rings is 2. The number of hydrogen-bond acceptors (Lipinski definition) is 5. The van der Waals surface area contributed by atoms with E-state index in [1.54, 1.807) is 25.1 Å². The van der Waals surface area contributed by atoms with Gasteiger partial charge in [-0.05, 0) is 43.2 Å². The first-order valence-corrected chi connectivity index (χ1v) is 8.29. The Kier molecular flexibility index (Phi) is 6.41. The lowest BCUT2D eigenvalue weighted by molar-refractivity contribution is -0.384. The van der Waals surface area contributed by atoms with Gasteiger partial charge in [0.25, 0.3) is 11.6 Å². The summed E-state index contributed by atoms with van der Waals surface area (Å²) in [7, 11) is 1.42. The van der Waals surface area contributed by atoms with E-state index < -0.39 is 16.9 Å². The molecule has 2 aromatic rings. The predicted octanol–water partition coefficient (Wildman–Crippen LogP) is 4.36. The first-order chi connectivity index (χ1) is 12.3. The lowest BCUT2D eigenvalue weighted by atomic mass is 10.2. The Morgan fingerprint density at radius 3 is 2.62 bits per heavy atom. The zero-order chi connectivity index (χ0) is 19.3. The number of rotatable bonds is 7. The highest BCUT2D eigenvalue weighted by atomic mass is 35.5. The maximum Gasteiger partial charge on any atom is 0.271 e. The molecule has 26 heavy (non-hydrogen) atoms. The molecule has 1 N–H and O–H groups in total. The van der Waals surface area contributed by atoms with Crippen molar-refractivity contribution < 1.29 is 19.2 Å². The predicted molar refractivity (Wildman–Crippen MR) is 99.2 cm³/mol. The summed E-state index contributed by atoms with van der Waals surface area (Å²) in [4.78, 5) is 23.0. The van der Waals surface area contributed by atoms with Crippen molar-refractivity contribution in [2.45, 2.75) is 26.4 Å². The van der Waals surface area contributed by atoms with Gasteiger partial charge in [-0.1, -0.05) is 18.5 Å². The standard InChI is InChI=1S/C18H19ClN2O5/c1-4-16(26-13-6-7-14(19)11(2)9-13)18(22)20-15-10-12(21(23)24)5-8-17(15)25-3/h5-10,16H,4H2,1-3H3,(H,20,22)/t16-/m1/s1. The largest absolute Gasteiger partial charge is 0.495 e. The molecule has 0 aromatic heterocycles. The molecule has 8 heteroatoms. The number of halogens is 1. The number of carbonyl (C=O) groups excluding carboxylic acids is 1. The molecule has 0 saturated heterocycles. The summed E-state index contributed by atoms with van der Waals surface area (Å²) in [6.07, 6.45) is -0.371. The Morgan fingerprint density at radius 2 is 2.04 bits per heavy atom. The van der Waals surface area contributed by atoms with Gasteiger partial charge in [-0.25, -0.2) is 0 Å². The van der Waals surface area contributed by atoms with Gasteiger partial charge in [0, 0.05) is 17.2 Å². The molecule has 0 aliphatic carbocycles. The fourth-order valence-electron chi connectivity index (χ4n) is 2.30. The van der Waals surface area contributed by atoms with Crippen LogP contribution in [-0.2, 0) is 4.79 Å². The zero-order valence-electron chi connectivity index (χ0n) is 14.6. The van der Waals surface area contributed by atoms with Gasteiger partial charge in [0.1, 0.15) is 11.5 Å². The summed E-state index contributed by atoms with van der Waals surface area (Å²) in [5.41, 5.74) is 0.893. The molecule has 1 amide bonds. The van der Waals surface area contributed by atoms with Gasteiger partial charge in [-0.15, -0.1) is 0 Å². The summed E-state index contributed by atoms with van der Waals surface area (Å²) in [5, 5.41) is 14.2. The zero-order valence-corrected chi connectivity index (χ0v) is 15.4. The van der Waals surface area contributed by atoms with Crippen LogP contribution in [0.5, 0.6) is 11.5 Å². The molecular weight excluding hydrogens is 360 g/mol. The third-order valence-electron chi connectivity index (χ3n) is 3.72. The second kappa shape index (κ2) is 8.53. The van der Waals surface area contributed by atoms with Crippen LogP contribution >= 0.6 is 11.6 Å². The number of methoxy groups -OCH3 is 1. The van der Waals surface area contributed by atoms with Crippen LogP contribution in [0.2, 0.25) is 5.02 Å². The number of nitrogens with one attached hydrogen (secondary N) is 1. The first-order valence-electron chi connectivity index (χ1n) is 7.91. The molecule has 2 rings (SSSR count). The number of aryl methyl sites for hydroxylation is 1. The average molecular weight is 379 g/mol. The van der Waals surface area contributed by atoms with E-state index in [0.717, 1.165) is 5.56 Å². The van der Waals surface area contributed by atoms with Crippen molar-refractivity contribution in [3.8, 4) is 11.5 Å². The highest BCUT2D eigenvalue weighted by Gasteiger charge is 2.21. The highest BCUT2D eigenvalue weighted by molar-refractivity contribution is 6.31. The number of nitro groups is 1. The molecule has 138 valence electrons.